The zero-order chi connectivity index (χ0) is 12.3. The first-order valence-corrected chi connectivity index (χ1v) is 4.62. The van der Waals surface area contributed by atoms with Crippen LogP contribution in [0.4, 0.5) is 11.4 Å². The van der Waals surface area contributed by atoms with Crippen molar-refractivity contribution in [3.63, 3.8) is 0 Å². The molecule has 0 atom stereocenters. The third kappa shape index (κ3) is 2.10. The third-order valence-corrected chi connectivity index (χ3v) is 2.15. The Balaban J connectivity index is 3.44. The van der Waals surface area contributed by atoms with Gasteiger partial charge < -0.3 is 5.73 Å². The Bertz CT molecular complexity index is 507. The van der Waals surface area contributed by atoms with E-state index in [1.807, 2.05) is 0 Å². The van der Waals surface area contributed by atoms with Crippen LogP contribution in [0, 0.1) is 21.4 Å². The molecule has 0 aliphatic rings. The molecule has 0 heterocycles. The summed E-state index contributed by atoms with van der Waals surface area (Å²) in [4.78, 5) is 21.1. The largest absolute Gasteiger partial charge is 0.398 e. The molecule has 82 valence electrons. The van der Waals surface area contributed by atoms with Crippen LogP contribution in [0.1, 0.15) is 15.9 Å². The lowest BCUT2D eigenvalue weighted by atomic mass is 10.0. The summed E-state index contributed by atoms with van der Waals surface area (Å²) in [6, 6.07) is 3.70. The molecule has 0 aliphatic carbocycles. The van der Waals surface area contributed by atoms with Gasteiger partial charge in [0.05, 0.1) is 10.8 Å². The van der Waals surface area contributed by atoms with Gasteiger partial charge in [-0.1, -0.05) is 0 Å². The van der Waals surface area contributed by atoms with Crippen molar-refractivity contribution in [3.8, 4) is 6.07 Å². The summed E-state index contributed by atoms with van der Waals surface area (Å²) in [6.07, 6.45) is 0. The van der Waals surface area contributed by atoms with Gasteiger partial charge in [-0.25, -0.2) is 0 Å². The van der Waals surface area contributed by atoms with E-state index >= 15 is 0 Å². The van der Waals surface area contributed by atoms with Crippen LogP contribution in [-0.4, -0.2) is 16.6 Å². The third-order valence-electron chi connectivity index (χ3n) is 1.91. The summed E-state index contributed by atoms with van der Waals surface area (Å²) < 4.78 is 0. The second-order valence-corrected chi connectivity index (χ2v) is 3.15. The minimum Gasteiger partial charge on any atom is -0.398 e. The normalized spacial score (nSPS) is 9.50. The quantitative estimate of drug-likeness (QED) is 0.282. The van der Waals surface area contributed by atoms with E-state index in [1.54, 1.807) is 6.07 Å². The highest BCUT2D eigenvalue weighted by molar-refractivity contribution is 6.31. The van der Waals surface area contributed by atoms with Gasteiger partial charge in [-0.05, 0) is 6.07 Å². The molecule has 0 spiro atoms. The number of benzene rings is 1. The van der Waals surface area contributed by atoms with E-state index in [0.29, 0.717) is 0 Å². The molecule has 0 unspecified atom stereocenters. The second kappa shape index (κ2) is 4.59. The maximum atomic E-state index is 11.3. The lowest BCUT2D eigenvalue weighted by Gasteiger charge is -2.03. The molecule has 0 aliphatic heterocycles. The number of nitro benzene ring substituents is 1. The molecule has 0 aromatic heterocycles. The van der Waals surface area contributed by atoms with Crippen LogP contribution in [0.5, 0.6) is 0 Å². The summed E-state index contributed by atoms with van der Waals surface area (Å²) in [5.74, 6) is -0.780. The number of Topliss-reactive ketones (excluding diaryl/α,β-unsaturated/α-hetero) is 1. The predicted octanol–water partition coefficient (Wildman–Crippen LogP) is 1.47. The summed E-state index contributed by atoms with van der Waals surface area (Å²) in [6.45, 7) is 0. The number of nitro groups is 1. The molecular weight excluding hydrogens is 234 g/mol. The number of nitrogen functional groups attached to an aromatic ring is 1. The molecule has 0 bridgehead atoms. The van der Waals surface area contributed by atoms with Gasteiger partial charge in [-0.2, -0.15) is 5.26 Å². The Morgan fingerprint density at radius 2 is 2.25 bits per heavy atom. The molecule has 0 radical (unpaired) electrons. The lowest BCUT2D eigenvalue weighted by molar-refractivity contribution is -0.385. The highest BCUT2D eigenvalue weighted by Gasteiger charge is 2.19. The SMILES string of the molecule is N#Cc1cc(C(=O)CCl)c(N)cc1[N+](=O)[O-]. The summed E-state index contributed by atoms with van der Waals surface area (Å²) in [7, 11) is 0. The van der Waals surface area contributed by atoms with Crippen LogP contribution < -0.4 is 5.73 Å². The highest BCUT2D eigenvalue weighted by atomic mass is 35.5. The van der Waals surface area contributed by atoms with Crippen molar-refractivity contribution in [2.75, 3.05) is 11.6 Å². The maximum Gasteiger partial charge on any atom is 0.289 e. The fraction of sp³-hybridized carbons (Fsp3) is 0.111. The lowest BCUT2D eigenvalue weighted by Crippen LogP contribution is -2.07. The first-order valence-electron chi connectivity index (χ1n) is 4.08. The minimum atomic E-state index is -0.732. The van der Waals surface area contributed by atoms with Crippen molar-refractivity contribution in [1.82, 2.24) is 0 Å². The van der Waals surface area contributed by atoms with Gasteiger partial charge in [-0.15, -0.1) is 11.6 Å². The van der Waals surface area contributed by atoms with Gasteiger partial charge in [-0.3, -0.25) is 14.9 Å². The summed E-state index contributed by atoms with van der Waals surface area (Å²) in [5.41, 5.74) is 4.79. The van der Waals surface area contributed by atoms with Crippen molar-refractivity contribution in [3.05, 3.63) is 33.4 Å². The van der Waals surface area contributed by atoms with E-state index in [-0.39, 0.29) is 22.7 Å². The van der Waals surface area contributed by atoms with E-state index in [9.17, 15) is 14.9 Å². The number of anilines is 1. The van der Waals surface area contributed by atoms with Crippen molar-refractivity contribution in [2.24, 2.45) is 0 Å². The Hall–Kier alpha value is -2.13. The summed E-state index contributed by atoms with van der Waals surface area (Å²) in [5, 5.41) is 19.3. The number of carbonyl (C=O) groups is 1. The van der Waals surface area contributed by atoms with Gasteiger partial charge in [0, 0.05) is 17.3 Å². The molecule has 0 saturated carbocycles. The van der Waals surface area contributed by atoms with Crippen molar-refractivity contribution >= 4 is 28.8 Å². The fourth-order valence-electron chi connectivity index (χ4n) is 1.16. The van der Waals surface area contributed by atoms with Crippen LogP contribution in [0.15, 0.2) is 12.1 Å². The molecule has 2 N–H and O–H groups in total. The van der Waals surface area contributed by atoms with Gasteiger partial charge in [0.15, 0.2) is 5.78 Å². The Morgan fingerprint density at radius 3 is 2.69 bits per heavy atom. The van der Waals surface area contributed by atoms with Crippen LogP contribution in [0.2, 0.25) is 0 Å². The van der Waals surface area contributed by atoms with E-state index in [4.69, 9.17) is 22.6 Å². The van der Waals surface area contributed by atoms with Crippen molar-refractivity contribution in [1.29, 1.82) is 5.26 Å². The average Bonchev–Trinajstić information content (AvgIpc) is 2.27. The molecule has 0 saturated heterocycles. The molecular formula is C9H6ClN3O3. The number of nitriles is 1. The Labute approximate surface area is 95.4 Å². The average molecular weight is 240 g/mol. The number of nitrogens with two attached hydrogens (primary N) is 1. The molecule has 0 amide bonds. The van der Waals surface area contributed by atoms with Gasteiger partial charge in [0.2, 0.25) is 0 Å². The highest BCUT2D eigenvalue weighted by Crippen LogP contribution is 2.25. The van der Waals surface area contributed by atoms with E-state index in [2.05, 4.69) is 0 Å². The van der Waals surface area contributed by atoms with E-state index < -0.39 is 16.4 Å². The topological polar surface area (TPSA) is 110 Å². The number of rotatable bonds is 3. The van der Waals surface area contributed by atoms with Gasteiger partial charge in [0.1, 0.15) is 11.6 Å². The summed E-state index contributed by atoms with van der Waals surface area (Å²) >= 11 is 5.33. The predicted molar refractivity (Wildman–Crippen MR) is 57.3 cm³/mol. The van der Waals surface area contributed by atoms with E-state index in [0.717, 1.165) is 12.1 Å². The molecule has 16 heavy (non-hydrogen) atoms. The van der Waals surface area contributed by atoms with Gasteiger partial charge in [0.25, 0.3) is 5.69 Å². The van der Waals surface area contributed by atoms with Crippen LogP contribution in [0.3, 0.4) is 0 Å². The monoisotopic (exact) mass is 239 g/mol. The Kier molecular flexibility index (Phi) is 3.43. The second-order valence-electron chi connectivity index (χ2n) is 2.88. The van der Waals surface area contributed by atoms with Crippen LogP contribution >= 0.6 is 11.6 Å². The zero-order valence-electron chi connectivity index (χ0n) is 7.94. The van der Waals surface area contributed by atoms with Crippen LogP contribution in [-0.2, 0) is 0 Å². The molecule has 7 heteroatoms. The number of halogens is 1. The zero-order valence-corrected chi connectivity index (χ0v) is 8.69. The first kappa shape index (κ1) is 11.9. The number of hydrogen-bond acceptors (Lipinski definition) is 5. The number of ketones is 1. The van der Waals surface area contributed by atoms with Gasteiger partial charge >= 0.3 is 0 Å². The van der Waals surface area contributed by atoms with Crippen LogP contribution in [0.25, 0.3) is 0 Å². The van der Waals surface area contributed by atoms with Crippen molar-refractivity contribution in [2.45, 2.75) is 0 Å². The maximum absolute atomic E-state index is 11.3. The number of nitrogens with zero attached hydrogens (tertiary/aromatic N) is 2. The number of carbonyl (C=O) groups excluding carboxylic acids is 1. The Morgan fingerprint density at radius 1 is 1.62 bits per heavy atom. The number of hydrogen-bond donors (Lipinski definition) is 1. The molecule has 1 aromatic carbocycles. The fourth-order valence-corrected chi connectivity index (χ4v) is 1.30. The first-order chi connectivity index (χ1) is 7.51. The standard InChI is InChI=1S/C9H6ClN3O3/c10-3-9(14)6-1-5(4-11)8(13(15)16)2-7(6)12/h1-2H,3,12H2. The molecule has 1 aromatic rings. The molecule has 6 nitrogen and oxygen atoms in total. The minimum absolute atomic E-state index is 0.0251. The van der Waals surface area contributed by atoms with E-state index in [1.165, 1.54) is 0 Å². The smallest absolute Gasteiger partial charge is 0.289 e. The number of alkyl halides is 1. The molecule has 0 fully saturated rings. The molecule has 1 rings (SSSR count). The van der Waals surface area contributed by atoms with Crippen molar-refractivity contribution < 1.29 is 9.72 Å².